The fraction of sp³-hybridized carbons (Fsp3) is 0.263. The largest absolute Gasteiger partial charge is 0.309 e. The average molecular weight is 453 g/mol. The molecule has 0 fully saturated rings. The van der Waals surface area contributed by atoms with Crippen molar-refractivity contribution in [1.29, 1.82) is 0 Å². The molecule has 0 atom stereocenters. The number of thiazole rings is 1. The van der Waals surface area contributed by atoms with Gasteiger partial charge >= 0.3 is 0 Å². The summed E-state index contributed by atoms with van der Waals surface area (Å²) < 4.78 is 2.05. The zero-order valence-electron chi connectivity index (χ0n) is 14.6. The molecule has 0 aliphatic carbocycles. The molecule has 0 spiro atoms. The minimum absolute atomic E-state index is 0.0569. The number of benzene rings is 2. The van der Waals surface area contributed by atoms with Gasteiger partial charge in [-0.1, -0.05) is 38.9 Å². The molecule has 7 heteroatoms. The first-order valence-electron chi connectivity index (χ1n) is 8.22. The highest BCUT2D eigenvalue weighted by Gasteiger charge is 2.21. The fourth-order valence-corrected chi connectivity index (χ4v) is 4.25. The molecule has 1 aromatic heterocycles. The number of carbonyl (C=O) groups is 1. The van der Waals surface area contributed by atoms with Gasteiger partial charge in [0, 0.05) is 21.6 Å². The number of amides is 1. The van der Waals surface area contributed by atoms with Crippen molar-refractivity contribution in [3.8, 4) is 0 Å². The van der Waals surface area contributed by atoms with E-state index < -0.39 is 0 Å². The quantitative estimate of drug-likeness (QED) is 0.508. The third kappa shape index (κ3) is 4.62. The number of anilines is 1. The summed E-state index contributed by atoms with van der Waals surface area (Å²) in [6.45, 7) is 1.52. The number of rotatable bonds is 6. The highest BCUT2D eigenvalue weighted by Crippen LogP contribution is 2.31. The van der Waals surface area contributed by atoms with Crippen LogP contribution in [0.5, 0.6) is 0 Å². The summed E-state index contributed by atoms with van der Waals surface area (Å²) in [4.78, 5) is 21.7. The molecule has 4 nitrogen and oxygen atoms in total. The van der Waals surface area contributed by atoms with Crippen molar-refractivity contribution < 1.29 is 4.79 Å². The lowest BCUT2D eigenvalue weighted by Gasteiger charge is -2.21. The van der Waals surface area contributed by atoms with Gasteiger partial charge in [0.2, 0.25) is 0 Å². The first-order chi connectivity index (χ1) is 12.4. The number of nitrogens with zero attached hydrogens (tertiary/aromatic N) is 3. The first-order valence-corrected chi connectivity index (χ1v) is 10.2. The van der Waals surface area contributed by atoms with Gasteiger partial charge in [-0.3, -0.25) is 9.69 Å². The predicted molar refractivity (Wildman–Crippen MR) is 114 cm³/mol. The number of hydrogen-bond acceptors (Lipinski definition) is 4. The molecule has 0 saturated carbocycles. The molecular formula is C19H19BrClN3OS. The van der Waals surface area contributed by atoms with Crippen LogP contribution in [0.25, 0.3) is 10.2 Å². The Morgan fingerprint density at radius 1 is 1.15 bits per heavy atom. The number of fused-ring (bicyclic) bond motifs is 1. The van der Waals surface area contributed by atoms with Crippen LogP contribution in [0, 0.1) is 0 Å². The van der Waals surface area contributed by atoms with Crippen LogP contribution in [0.1, 0.15) is 16.8 Å². The molecule has 1 heterocycles. The molecule has 0 aliphatic rings. The number of halogens is 2. The summed E-state index contributed by atoms with van der Waals surface area (Å²) in [6.07, 6.45) is 0.867. The van der Waals surface area contributed by atoms with Crippen LogP contribution in [0.4, 0.5) is 5.13 Å². The van der Waals surface area contributed by atoms with Crippen LogP contribution in [-0.4, -0.2) is 43.0 Å². The van der Waals surface area contributed by atoms with E-state index in [4.69, 9.17) is 11.6 Å². The highest BCUT2D eigenvalue weighted by atomic mass is 79.9. The standard InChI is InChI=1S/C19H19BrClN3OS/c1-23(2)10-3-11-24(18(25)13-4-7-15(21)8-5-13)19-22-16-9-6-14(20)12-17(16)26-19/h4-9,12H,3,10-11H2,1-2H3. The molecule has 0 unspecified atom stereocenters. The van der Waals surface area contributed by atoms with Gasteiger partial charge in [-0.05, 0) is 69.5 Å². The van der Waals surface area contributed by atoms with Gasteiger partial charge in [0.1, 0.15) is 0 Å². The summed E-state index contributed by atoms with van der Waals surface area (Å²) in [5.74, 6) is -0.0569. The minimum Gasteiger partial charge on any atom is -0.309 e. The Morgan fingerprint density at radius 2 is 1.88 bits per heavy atom. The van der Waals surface area contributed by atoms with Crippen molar-refractivity contribution in [2.24, 2.45) is 0 Å². The summed E-state index contributed by atoms with van der Waals surface area (Å²) in [5.41, 5.74) is 1.51. The van der Waals surface area contributed by atoms with Crippen LogP contribution < -0.4 is 4.90 Å². The SMILES string of the molecule is CN(C)CCCN(C(=O)c1ccc(Cl)cc1)c1nc2ccc(Br)cc2s1. The van der Waals surface area contributed by atoms with Crippen molar-refractivity contribution in [3.63, 3.8) is 0 Å². The van der Waals surface area contributed by atoms with Crippen LogP contribution in [0.3, 0.4) is 0 Å². The Morgan fingerprint density at radius 3 is 2.58 bits per heavy atom. The van der Waals surface area contributed by atoms with Gasteiger partial charge in [0.05, 0.1) is 10.2 Å². The van der Waals surface area contributed by atoms with E-state index in [0.717, 1.165) is 32.8 Å². The van der Waals surface area contributed by atoms with Gasteiger partial charge in [0.15, 0.2) is 5.13 Å². The summed E-state index contributed by atoms with van der Waals surface area (Å²) >= 11 is 11.0. The maximum atomic E-state index is 13.1. The third-order valence-corrected chi connectivity index (χ3v) is 5.68. The minimum atomic E-state index is -0.0569. The van der Waals surface area contributed by atoms with Gasteiger partial charge < -0.3 is 4.90 Å². The van der Waals surface area contributed by atoms with Crippen LogP contribution in [-0.2, 0) is 0 Å². The van der Waals surface area contributed by atoms with Crippen LogP contribution in [0.15, 0.2) is 46.9 Å². The van der Waals surface area contributed by atoms with E-state index in [1.54, 1.807) is 29.2 Å². The summed E-state index contributed by atoms with van der Waals surface area (Å²) in [6, 6.07) is 12.9. The van der Waals surface area contributed by atoms with Gasteiger partial charge in [0.25, 0.3) is 5.91 Å². The van der Waals surface area contributed by atoms with E-state index in [2.05, 4.69) is 25.8 Å². The van der Waals surface area contributed by atoms with Crippen molar-refractivity contribution in [2.75, 3.05) is 32.1 Å². The lowest BCUT2D eigenvalue weighted by atomic mass is 10.2. The van der Waals surface area contributed by atoms with Crippen molar-refractivity contribution in [3.05, 3.63) is 57.5 Å². The molecule has 0 bridgehead atoms. The topological polar surface area (TPSA) is 36.4 Å². The molecule has 0 saturated heterocycles. The molecule has 0 aliphatic heterocycles. The molecule has 1 amide bonds. The lowest BCUT2D eigenvalue weighted by molar-refractivity contribution is 0.0986. The van der Waals surface area contributed by atoms with Gasteiger partial charge in [-0.15, -0.1) is 0 Å². The zero-order chi connectivity index (χ0) is 18.7. The van der Waals surface area contributed by atoms with E-state index in [1.165, 1.54) is 11.3 Å². The van der Waals surface area contributed by atoms with E-state index in [-0.39, 0.29) is 5.91 Å². The van der Waals surface area contributed by atoms with Crippen molar-refractivity contribution in [2.45, 2.75) is 6.42 Å². The highest BCUT2D eigenvalue weighted by molar-refractivity contribution is 9.10. The Hall–Kier alpha value is -1.47. The second kappa shape index (κ2) is 8.48. The van der Waals surface area contributed by atoms with Crippen molar-refractivity contribution in [1.82, 2.24) is 9.88 Å². The molecule has 0 radical (unpaired) electrons. The average Bonchev–Trinajstić information content (AvgIpc) is 3.01. The van der Waals surface area contributed by atoms with E-state index in [9.17, 15) is 4.79 Å². The van der Waals surface area contributed by atoms with E-state index >= 15 is 0 Å². The Kier molecular flexibility index (Phi) is 6.29. The normalized spacial score (nSPS) is 11.3. The lowest BCUT2D eigenvalue weighted by Crippen LogP contribution is -2.33. The molecule has 3 aromatic rings. The second-order valence-electron chi connectivity index (χ2n) is 6.23. The summed E-state index contributed by atoms with van der Waals surface area (Å²) in [5, 5.41) is 1.34. The Balaban J connectivity index is 1.92. The number of carbonyl (C=O) groups excluding carboxylic acids is 1. The van der Waals surface area contributed by atoms with Crippen molar-refractivity contribution >= 4 is 60.1 Å². The van der Waals surface area contributed by atoms with Gasteiger partial charge in [-0.25, -0.2) is 4.98 Å². The zero-order valence-corrected chi connectivity index (χ0v) is 17.7. The van der Waals surface area contributed by atoms with Gasteiger partial charge in [-0.2, -0.15) is 0 Å². The fourth-order valence-electron chi connectivity index (χ4n) is 2.58. The second-order valence-corrected chi connectivity index (χ2v) is 8.59. The molecule has 136 valence electrons. The molecule has 3 rings (SSSR count). The summed E-state index contributed by atoms with van der Waals surface area (Å²) in [7, 11) is 4.06. The monoisotopic (exact) mass is 451 g/mol. The Labute approximate surface area is 170 Å². The third-order valence-electron chi connectivity index (χ3n) is 3.89. The Bertz CT molecular complexity index is 911. The maximum absolute atomic E-state index is 13.1. The van der Waals surface area contributed by atoms with Crippen LogP contribution in [0.2, 0.25) is 5.02 Å². The molecule has 26 heavy (non-hydrogen) atoms. The number of aromatic nitrogens is 1. The number of hydrogen-bond donors (Lipinski definition) is 0. The smallest absolute Gasteiger partial charge is 0.260 e. The molecule has 0 N–H and O–H groups in total. The maximum Gasteiger partial charge on any atom is 0.260 e. The van der Waals surface area contributed by atoms with Crippen LogP contribution >= 0.6 is 38.9 Å². The van der Waals surface area contributed by atoms with E-state index in [0.29, 0.717) is 17.1 Å². The first kappa shape index (κ1) is 19.3. The molecular weight excluding hydrogens is 434 g/mol. The molecule has 2 aromatic carbocycles. The van der Waals surface area contributed by atoms with E-state index in [1.807, 2.05) is 32.3 Å². The predicted octanol–water partition coefficient (Wildman–Crippen LogP) is 5.31.